The smallest absolute Gasteiger partial charge is 0.241 e. The number of aryl methyl sites for hydroxylation is 2. The Labute approximate surface area is 195 Å². The highest BCUT2D eigenvalue weighted by molar-refractivity contribution is 5.79. The van der Waals surface area contributed by atoms with Gasteiger partial charge in [0.15, 0.2) is 0 Å². The molecule has 7 nitrogen and oxygen atoms in total. The van der Waals surface area contributed by atoms with Crippen molar-refractivity contribution in [3.63, 3.8) is 0 Å². The normalized spacial score (nSPS) is 15.8. The lowest BCUT2D eigenvalue weighted by Gasteiger charge is -2.30. The van der Waals surface area contributed by atoms with Gasteiger partial charge in [0.1, 0.15) is 12.4 Å². The summed E-state index contributed by atoms with van der Waals surface area (Å²) in [6, 6.07) is 15.9. The van der Waals surface area contributed by atoms with Crippen LogP contribution in [0.2, 0.25) is 0 Å². The topological polar surface area (TPSA) is 80.5 Å². The minimum absolute atomic E-state index is 0.0207. The van der Waals surface area contributed by atoms with Crippen LogP contribution in [0.15, 0.2) is 53.1 Å². The third-order valence-corrected chi connectivity index (χ3v) is 6.14. The minimum Gasteiger partial charge on any atom is -0.491 e. The molecule has 1 aliphatic heterocycles. The number of nitrogens with one attached hydrogen (secondary N) is 1. The van der Waals surface area contributed by atoms with E-state index in [4.69, 9.17) is 9.26 Å². The van der Waals surface area contributed by atoms with Gasteiger partial charge in [0, 0.05) is 11.5 Å². The molecule has 2 aromatic carbocycles. The highest BCUT2D eigenvalue weighted by atomic mass is 16.5. The van der Waals surface area contributed by atoms with Crippen molar-refractivity contribution >= 4 is 5.91 Å². The van der Waals surface area contributed by atoms with Gasteiger partial charge in [0.2, 0.25) is 17.6 Å². The van der Waals surface area contributed by atoms with E-state index < -0.39 is 0 Å². The number of amides is 1. The standard InChI is InChI=1S/C26H32N4O3/c1-18-8-4-6-10-22(18)25-28-24(33-29-25)16-30-14-12-21(13-15-30)26(31)27-20(3)17-32-23-11-7-5-9-19(23)2/h4-11,20-21H,12-17H2,1-3H3,(H,27,31). The first kappa shape index (κ1) is 23.0. The van der Waals surface area contributed by atoms with E-state index in [0.717, 1.165) is 48.4 Å². The lowest BCUT2D eigenvalue weighted by atomic mass is 9.95. The first-order valence-corrected chi connectivity index (χ1v) is 11.6. The largest absolute Gasteiger partial charge is 0.491 e. The Morgan fingerprint density at radius 1 is 1.12 bits per heavy atom. The Kier molecular flexibility index (Phi) is 7.40. The quantitative estimate of drug-likeness (QED) is 0.558. The van der Waals surface area contributed by atoms with Crippen LogP contribution in [0, 0.1) is 19.8 Å². The molecule has 0 saturated carbocycles. The summed E-state index contributed by atoms with van der Waals surface area (Å²) < 4.78 is 11.3. The van der Waals surface area contributed by atoms with Crippen LogP contribution in [-0.4, -0.2) is 46.7 Å². The zero-order valence-electron chi connectivity index (χ0n) is 19.6. The zero-order valence-corrected chi connectivity index (χ0v) is 19.6. The molecule has 0 spiro atoms. The molecule has 4 rings (SSSR count). The molecule has 33 heavy (non-hydrogen) atoms. The first-order valence-electron chi connectivity index (χ1n) is 11.6. The second-order valence-corrected chi connectivity index (χ2v) is 8.86. The Balaban J connectivity index is 1.21. The molecule has 1 unspecified atom stereocenters. The molecule has 1 saturated heterocycles. The van der Waals surface area contributed by atoms with Crippen molar-refractivity contribution in [1.29, 1.82) is 0 Å². The van der Waals surface area contributed by atoms with E-state index in [1.807, 2.05) is 69.3 Å². The van der Waals surface area contributed by atoms with Crippen LogP contribution < -0.4 is 10.1 Å². The number of benzene rings is 2. The number of rotatable bonds is 8. The minimum atomic E-state index is -0.0478. The maximum Gasteiger partial charge on any atom is 0.241 e. The summed E-state index contributed by atoms with van der Waals surface area (Å²) >= 11 is 0. The molecular formula is C26H32N4O3. The molecule has 174 valence electrons. The van der Waals surface area contributed by atoms with Gasteiger partial charge >= 0.3 is 0 Å². The molecule has 0 bridgehead atoms. The Morgan fingerprint density at radius 3 is 2.55 bits per heavy atom. The summed E-state index contributed by atoms with van der Waals surface area (Å²) in [6.07, 6.45) is 1.63. The summed E-state index contributed by atoms with van der Waals surface area (Å²) in [5.74, 6) is 2.22. The third-order valence-electron chi connectivity index (χ3n) is 6.14. The van der Waals surface area contributed by atoms with Crippen molar-refractivity contribution < 1.29 is 14.1 Å². The van der Waals surface area contributed by atoms with Crippen LogP contribution in [0.5, 0.6) is 5.75 Å². The monoisotopic (exact) mass is 448 g/mol. The molecule has 0 aliphatic carbocycles. The maximum absolute atomic E-state index is 12.7. The fraction of sp³-hybridized carbons (Fsp3) is 0.423. The average Bonchev–Trinajstić information content (AvgIpc) is 3.27. The van der Waals surface area contributed by atoms with Crippen molar-refractivity contribution in [2.24, 2.45) is 5.92 Å². The van der Waals surface area contributed by atoms with Gasteiger partial charge in [-0.15, -0.1) is 0 Å². The molecule has 3 aromatic rings. The summed E-state index contributed by atoms with van der Waals surface area (Å²) in [5, 5.41) is 7.25. The number of carbonyl (C=O) groups is 1. The van der Waals surface area contributed by atoms with Crippen molar-refractivity contribution in [2.75, 3.05) is 19.7 Å². The molecule has 2 heterocycles. The van der Waals surface area contributed by atoms with Crippen LogP contribution in [-0.2, 0) is 11.3 Å². The van der Waals surface area contributed by atoms with Crippen molar-refractivity contribution in [3.8, 4) is 17.1 Å². The summed E-state index contributed by atoms with van der Waals surface area (Å²) in [7, 11) is 0. The number of aromatic nitrogens is 2. The van der Waals surface area contributed by atoms with Gasteiger partial charge in [0.05, 0.1) is 12.6 Å². The third kappa shape index (κ3) is 5.99. The van der Waals surface area contributed by atoms with E-state index in [2.05, 4.69) is 20.4 Å². The number of para-hydroxylation sites is 1. The van der Waals surface area contributed by atoms with Crippen LogP contribution in [0.3, 0.4) is 0 Å². The molecule has 7 heteroatoms. The van der Waals surface area contributed by atoms with Crippen LogP contribution in [0.1, 0.15) is 36.8 Å². The number of nitrogens with zero attached hydrogens (tertiary/aromatic N) is 3. The molecule has 1 amide bonds. The van der Waals surface area contributed by atoms with Gasteiger partial charge in [-0.2, -0.15) is 4.98 Å². The fourth-order valence-corrected chi connectivity index (χ4v) is 4.13. The Hall–Kier alpha value is -3.19. The first-order chi connectivity index (χ1) is 16.0. The number of ether oxygens (including phenoxy) is 1. The molecule has 1 atom stereocenters. The fourth-order valence-electron chi connectivity index (χ4n) is 4.13. The molecule has 0 radical (unpaired) electrons. The molecule has 1 fully saturated rings. The van der Waals surface area contributed by atoms with Gasteiger partial charge in [-0.05, 0) is 63.9 Å². The molecule has 1 aliphatic rings. The second kappa shape index (κ2) is 10.6. The lowest BCUT2D eigenvalue weighted by molar-refractivity contribution is -0.127. The number of carbonyl (C=O) groups excluding carboxylic acids is 1. The average molecular weight is 449 g/mol. The van der Waals surface area contributed by atoms with E-state index in [9.17, 15) is 4.79 Å². The predicted octanol–water partition coefficient (Wildman–Crippen LogP) is 4.15. The lowest BCUT2D eigenvalue weighted by Crippen LogP contribution is -2.44. The molecular weight excluding hydrogens is 416 g/mol. The highest BCUT2D eigenvalue weighted by Crippen LogP contribution is 2.22. The van der Waals surface area contributed by atoms with Gasteiger partial charge in [-0.25, -0.2) is 0 Å². The second-order valence-electron chi connectivity index (χ2n) is 8.86. The SMILES string of the molecule is Cc1ccccc1OCC(C)NC(=O)C1CCN(Cc2nc(-c3ccccc3C)no2)CC1. The van der Waals surface area contributed by atoms with E-state index in [1.165, 1.54) is 0 Å². The Morgan fingerprint density at radius 2 is 1.82 bits per heavy atom. The van der Waals surface area contributed by atoms with Crippen molar-refractivity contribution in [2.45, 2.75) is 46.2 Å². The predicted molar refractivity (Wildman–Crippen MR) is 127 cm³/mol. The van der Waals surface area contributed by atoms with Crippen LogP contribution in [0.4, 0.5) is 0 Å². The van der Waals surface area contributed by atoms with E-state index >= 15 is 0 Å². The van der Waals surface area contributed by atoms with Gasteiger partial charge < -0.3 is 14.6 Å². The van der Waals surface area contributed by atoms with Crippen LogP contribution >= 0.6 is 0 Å². The van der Waals surface area contributed by atoms with E-state index in [0.29, 0.717) is 24.9 Å². The summed E-state index contributed by atoms with van der Waals surface area (Å²) in [6.45, 7) is 8.75. The maximum atomic E-state index is 12.7. The number of hydrogen-bond donors (Lipinski definition) is 1. The van der Waals surface area contributed by atoms with Crippen LogP contribution in [0.25, 0.3) is 11.4 Å². The van der Waals surface area contributed by atoms with E-state index in [-0.39, 0.29) is 17.9 Å². The van der Waals surface area contributed by atoms with Crippen molar-refractivity contribution in [1.82, 2.24) is 20.4 Å². The number of piperidine rings is 1. The number of hydrogen-bond acceptors (Lipinski definition) is 6. The van der Waals surface area contributed by atoms with Crippen molar-refractivity contribution in [3.05, 3.63) is 65.5 Å². The summed E-state index contributed by atoms with van der Waals surface area (Å²) in [5.41, 5.74) is 3.20. The van der Waals surface area contributed by atoms with Gasteiger partial charge in [-0.1, -0.05) is 47.6 Å². The highest BCUT2D eigenvalue weighted by Gasteiger charge is 2.27. The zero-order chi connectivity index (χ0) is 23.2. The Bertz CT molecular complexity index is 1070. The number of likely N-dealkylation sites (tertiary alicyclic amines) is 1. The molecule has 1 aromatic heterocycles. The van der Waals surface area contributed by atoms with Gasteiger partial charge in [-0.3, -0.25) is 9.69 Å². The molecule has 1 N–H and O–H groups in total. The van der Waals surface area contributed by atoms with E-state index in [1.54, 1.807) is 0 Å². The van der Waals surface area contributed by atoms with Gasteiger partial charge in [0.25, 0.3) is 0 Å². The summed E-state index contributed by atoms with van der Waals surface area (Å²) in [4.78, 5) is 19.6.